The van der Waals surface area contributed by atoms with E-state index in [9.17, 15) is 27.2 Å². The van der Waals surface area contributed by atoms with Gasteiger partial charge in [0, 0.05) is 39.4 Å². The molecular formula is C21H19F4NO2S. The molecule has 0 aliphatic heterocycles. The quantitative estimate of drug-likeness (QED) is 0.491. The van der Waals surface area contributed by atoms with Crippen LogP contribution in [0.15, 0.2) is 35.2 Å². The van der Waals surface area contributed by atoms with Gasteiger partial charge in [0.25, 0.3) is 5.91 Å². The van der Waals surface area contributed by atoms with Gasteiger partial charge >= 0.3 is 0 Å². The van der Waals surface area contributed by atoms with E-state index in [0.717, 1.165) is 31.7 Å². The van der Waals surface area contributed by atoms with Crippen molar-refractivity contribution in [3.63, 3.8) is 0 Å². The van der Waals surface area contributed by atoms with Crippen LogP contribution in [0.3, 0.4) is 0 Å². The number of hydrogen-bond acceptors (Lipinski definition) is 3. The molecule has 29 heavy (non-hydrogen) atoms. The number of ketones is 1. The van der Waals surface area contributed by atoms with Gasteiger partial charge in [0.2, 0.25) is 0 Å². The van der Waals surface area contributed by atoms with Gasteiger partial charge in [-0.2, -0.15) is 0 Å². The van der Waals surface area contributed by atoms with Crippen LogP contribution in [0.25, 0.3) is 0 Å². The molecule has 2 aromatic rings. The first kappa shape index (κ1) is 21.4. The summed E-state index contributed by atoms with van der Waals surface area (Å²) >= 11 is 1.31. The lowest BCUT2D eigenvalue weighted by atomic mass is 9.86. The Labute approximate surface area is 169 Å². The maximum absolute atomic E-state index is 14.2. The van der Waals surface area contributed by atoms with Gasteiger partial charge in [-0.1, -0.05) is 0 Å². The minimum absolute atomic E-state index is 0.0605. The van der Waals surface area contributed by atoms with Gasteiger partial charge in [-0.25, -0.2) is 17.6 Å². The second-order valence-corrected chi connectivity index (χ2v) is 8.40. The molecule has 1 fully saturated rings. The number of halogens is 4. The lowest BCUT2D eigenvalue weighted by Gasteiger charge is -2.26. The van der Waals surface area contributed by atoms with E-state index in [-0.39, 0.29) is 28.2 Å². The molecule has 0 unspecified atom stereocenters. The standard InChI is InChI=1S/C21H19F4NO2S/c1-11(27)12-2-5-15(6-3-12)29-19-8-13(4-7-16(19)22)21(28)26-14-9-17(23)20(25)18(24)10-14/h4,7-10,12,15H,2-3,5-6H2,1H3,(H,26,28). The summed E-state index contributed by atoms with van der Waals surface area (Å²) < 4.78 is 53.9. The number of nitrogens with one attached hydrogen (secondary N) is 1. The molecule has 154 valence electrons. The fraction of sp³-hybridized carbons (Fsp3) is 0.333. The molecule has 0 radical (unpaired) electrons. The van der Waals surface area contributed by atoms with Crippen LogP contribution in [-0.4, -0.2) is 16.9 Å². The zero-order valence-corrected chi connectivity index (χ0v) is 16.4. The van der Waals surface area contributed by atoms with Crippen molar-refractivity contribution in [1.29, 1.82) is 0 Å². The van der Waals surface area contributed by atoms with E-state index in [2.05, 4.69) is 5.32 Å². The molecule has 0 heterocycles. The molecule has 3 rings (SSSR count). The summed E-state index contributed by atoms with van der Waals surface area (Å²) in [6.45, 7) is 1.58. The van der Waals surface area contributed by atoms with Crippen LogP contribution in [-0.2, 0) is 4.79 Å². The summed E-state index contributed by atoms with van der Waals surface area (Å²) in [6.07, 6.45) is 3.07. The van der Waals surface area contributed by atoms with Crippen molar-refractivity contribution in [2.45, 2.75) is 42.8 Å². The minimum Gasteiger partial charge on any atom is -0.322 e. The van der Waals surface area contributed by atoms with Crippen LogP contribution in [0.5, 0.6) is 0 Å². The van der Waals surface area contributed by atoms with Gasteiger partial charge in [-0.05, 0) is 50.8 Å². The summed E-state index contributed by atoms with van der Waals surface area (Å²) in [5.74, 6) is -5.40. The molecule has 0 atom stereocenters. The predicted octanol–water partition coefficient (Wildman–Crippen LogP) is 5.74. The maximum Gasteiger partial charge on any atom is 0.255 e. The summed E-state index contributed by atoms with van der Waals surface area (Å²) in [5, 5.41) is 2.42. The van der Waals surface area contributed by atoms with Crippen molar-refractivity contribution in [3.8, 4) is 0 Å². The lowest BCUT2D eigenvalue weighted by molar-refractivity contribution is -0.121. The summed E-state index contributed by atoms with van der Waals surface area (Å²) in [4.78, 5) is 24.1. The Morgan fingerprint density at radius 3 is 2.14 bits per heavy atom. The number of carbonyl (C=O) groups is 2. The topological polar surface area (TPSA) is 46.2 Å². The fourth-order valence-corrected chi connectivity index (χ4v) is 4.58. The molecule has 1 amide bonds. The number of Topliss-reactive ketones (excluding diaryl/α,β-unsaturated/α-hetero) is 1. The molecule has 0 bridgehead atoms. The van der Waals surface area contributed by atoms with Crippen molar-refractivity contribution in [2.75, 3.05) is 5.32 Å². The number of rotatable bonds is 5. The van der Waals surface area contributed by atoms with E-state index in [1.807, 2.05) is 0 Å². The summed E-state index contributed by atoms with van der Waals surface area (Å²) in [6, 6.07) is 5.14. The summed E-state index contributed by atoms with van der Waals surface area (Å²) in [5.41, 5.74) is -0.135. The molecule has 1 aliphatic rings. The zero-order valence-electron chi connectivity index (χ0n) is 15.6. The first-order chi connectivity index (χ1) is 13.7. The molecule has 1 saturated carbocycles. The van der Waals surface area contributed by atoms with Crippen molar-refractivity contribution in [2.24, 2.45) is 5.92 Å². The van der Waals surface area contributed by atoms with E-state index in [1.165, 1.54) is 23.9 Å². The van der Waals surface area contributed by atoms with Crippen LogP contribution in [0.1, 0.15) is 43.0 Å². The number of amides is 1. The second kappa shape index (κ2) is 8.98. The van der Waals surface area contributed by atoms with E-state index in [0.29, 0.717) is 17.0 Å². The number of hydrogen-bond donors (Lipinski definition) is 1. The van der Waals surface area contributed by atoms with E-state index in [1.54, 1.807) is 6.92 Å². The molecule has 1 N–H and O–H groups in total. The Bertz CT molecular complexity index is 919. The average molecular weight is 425 g/mol. The van der Waals surface area contributed by atoms with Gasteiger partial charge in [0.1, 0.15) is 11.6 Å². The fourth-order valence-electron chi connectivity index (χ4n) is 3.33. The smallest absolute Gasteiger partial charge is 0.255 e. The highest BCUT2D eigenvalue weighted by atomic mass is 32.2. The normalized spacial score (nSPS) is 19.1. The first-order valence-corrected chi connectivity index (χ1v) is 10.0. The van der Waals surface area contributed by atoms with Crippen LogP contribution in [0, 0.1) is 29.2 Å². The third-order valence-corrected chi connectivity index (χ3v) is 6.35. The zero-order chi connectivity index (χ0) is 21.1. The molecule has 0 aromatic heterocycles. The van der Waals surface area contributed by atoms with Crippen molar-refractivity contribution < 1.29 is 27.2 Å². The minimum atomic E-state index is -1.62. The van der Waals surface area contributed by atoms with Crippen molar-refractivity contribution in [1.82, 2.24) is 0 Å². The Hall–Kier alpha value is -2.35. The largest absolute Gasteiger partial charge is 0.322 e. The third-order valence-electron chi connectivity index (χ3n) is 4.98. The first-order valence-electron chi connectivity index (χ1n) is 9.17. The Balaban J connectivity index is 1.70. The van der Waals surface area contributed by atoms with Crippen molar-refractivity contribution >= 4 is 29.1 Å². The van der Waals surface area contributed by atoms with Crippen LogP contribution >= 0.6 is 11.8 Å². The predicted molar refractivity (Wildman–Crippen MR) is 103 cm³/mol. The van der Waals surface area contributed by atoms with Gasteiger partial charge < -0.3 is 5.32 Å². The lowest BCUT2D eigenvalue weighted by Crippen LogP contribution is -2.21. The Kier molecular flexibility index (Phi) is 6.62. The molecule has 0 spiro atoms. The number of benzene rings is 2. The van der Waals surface area contributed by atoms with Crippen molar-refractivity contribution in [3.05, 3.63) is 59.2 Å². The van der Waals surface area contributed by atoms with Crippen LogP contribution in [0.4, 0.5) is 23.2 Å². The Morgan fingerprint density at radius 2 is 1.55 bits per heavy atom. The third kappa shape index (κ3) is 5.18. The van der Waals surface area contributed by atoms with Gasteiger partial charge in [-0.3, -0.25) is 9.59 Å². The van der Waals surface area contributed by atoms with E-state index in [4.69, 9.17) is 0 Å². The molecule has 2 aromatic carbocycles. The number of carbonyl (C=O) groups excluding carboxylic acids is 2. The molecule has 8 heteroatoms. The highest BCUT2D eigenvalue weighted by Gasteiger charge is 2.25. The highest BCUT2D eigenvalue weighted by Crippen LogP contribution is 2.37. The summed E-state index contributed by atoms with van der Waals surface area (Å²) in [7, 11) is 0. The van der Waals surface area contributed by atoms with Crippen LogP contribution in [0.2, 0.25) is 0 Å². The van der Waals surface area contributed by atoms with Gasteiger partial charge in [0.05, 0.1) is 0 Å². The molecule has 0 saturated heterocycles. The van der Waals surface area contributed by atoms with E-state index >= 15 is 0 Å². The second-order valence-electron chi connectivity index (χ2n) is 7.06. The molecule has 3 nitrogen and oxygen atoms in total. The van der Waals surface area contributed by atoms with Gasteiger partial charge in [-0.15, -0.1) is 11.8 Å². The van der Waals surface area contributed by atoms with Gasteiger partial charge in [0.15, 0.2) is 17.5 Å². The highest BCUT2D eigenvalue weighted by molar-refractivity contribution is 8.00. The maximum atomic E-state index is 14.2. The number of anilines is 1. The Morgan fingerprint density at radius 1 is 0.931 bits per heavy atom. The molecule has 1 aliphatic carbocycles. The van der Waals surface area contributed by atoms with Crippen LogP contribution < -0.4 is 5.32 Å². The monoisotopic (exact) mass is 425 g/mol. The SMILES string of the molecule is CC(=O)C1CCC(Sc2cc(C(=O)Nc3cc(F)c(F)c(F)c3)ccc2F)CC1. The number of thioether (sulfide) groups is 1. The van der Waals surface area contributed by atoms with E-state index < -0.39 is 29.2 Å². The molecular weight excluding hydrogens is 406 g/mol. The average Bonchev–Trinajstić information content (AvgIpc) is 2.68.